The van der Waals surface area contributed by atoms with Gasteiger partial charge in [0, 0.05) is 22.8 Å². The summed E-state index contributed by atoms with van der Waals surface area (Å²) in [5.74, 6) is 8.55. The number of para-hydroxylation sites is 7. The fourth-order valence-electron chi connectivity index (χ4n) is 16.8. The number of aryl methyl sites for hydroxylation is 4. The van der Waals surface area contributed by atoms with Crippen LogP contribution in [0.4, 0.5) is 32.7 Å². The van der Waals surface area contributed by atoms with Crippen molar-refractivity contribution in [1.29, 1.82) is 0 Å². The number of ether oxygens (including phenoxy) is 4. The molecule has 22 rings (SSSR count). The molecule has 1 aliphatic heterocycles. The molecule has 0 saturated carbocycles. The van der Waals surface area contributed by atoms with Gasteiger partial charge >= 0.3 is 0 Å². The summed E-state index contributed by atoms with van der Waals surface area (Å²) in [5.41, 5.74) is 35.1. The van der Waals surface area contributed by atoms with E-state index in [-0.39, 0.29) is 83.3 Å². The molecule has 706 valence electrons. The number of anilines is 4. The minimum Gasteiger partial charge on any atom is -0.508 e. The van der Waals surface area contributed by atoms with Crippen molar-refractivity contribution in [2.75, 3.05) is 51.4 Å². The molecule has 0 amide bonds. The molecule has 15 aromatic heterocycles. The Morgan fingerprint density at radius 2 is 0.851 bits per heavy atom. The Balaban J connectivity index is 0.000000120. The van der Waals surface area contributed by atoms with Gasteiger partial charge in [0.2, 0.25) is 0 Å². The number of Topliss-reactive ketones (excluding diaryl/α,β-unsaturated/α-hetero) is 1. The number of ketones is 1. The Hall–Kier alpha value is -17.0. The quantitative estimate of drug-likeness (QED) is 0.0392. The highest BCUT2D eigenvalue weighted by Crippen LogP contribution is 2.44. The molecule has 1 unspecified atom stereocenters. The fourth-order valence-corrected chi connectivity index (χ4v) is 21.1. The van der Waals surface area contributed by atoms with Gasteiger partial charge < -0.3 is 57.2 Å². The van der Waals surface area contributed by atoms with Crippen molar-refractivity contribution in [1.82, 2.24) is 108 Å². The number of nitrogen functional groups attached to an aromatic ring is 4. The lowest BCUT2D eigenvalue weighted by Gasteiger charge is -2.24. The van der Waals surface area contributed by atoms with Crippen LogP contribution in [0.15, 0.2) is 210 Å². The monoisotopic (exact) mass is 2020 g/mol. The lowest BCUT2D eigenvalue weighted by atomic mass is 9.84. The molecule has 21 aromatic rings. The Bertz CT molecular complexity index is 8890. The minimum absolute atomic E-state index is 0.0222. The normalized spacial score (nSPS) is 12.5. The number of thiophene rings is 4. The molecule has 6 aromatic carbocycles. The second-order valence-electron chi connectivity index (χ2n) is 32.1. The number of aromatic nitrogens is 22. The topological polar surface area (TPSA) is 510 Å². The predicted octanol–water partition coefficient (Wildman–Crippen LogP) is 14.5. The molecule has 0 saturated heterocycles. The third-order valence-electron chi connectivity index (χ3n) is 23.1. The van der Waals surface area contributed by atoms with Crippen molar-refractivity contribution in [3.8, 4) is 85.9 Å². The van der Waals surface area contributed by atoms with Crippen LogP contribution in [-0.2, 0) is 26.2 Å². The molecule has 0 spiro atoms. The van der Waals surface area contributed by atoms with Gasteiger partial charge in [-0.15, -0.1) is 45.3 Å². The van der Waals surface area contributed by atoms with E-state index in [4.69, 9.17) is 66.9 Å². The van der Waals surface area contributed by atoms with E-state index in [9.17, 15) is 38.9 Å². The van der Waals surface area contributed by atoms with Crippen molar-refractivity contribution in [2.45, 2.75) is 72.8 Å². The number of halogens is 2. The summed E-state index contributed by atoms with van der Waals surface area (Å²) in [6, 6.07) is 39.6. The number of aliphatic hydroxyl groups excluding tert-OH is 1. The van der Waals surface area contributed by atoms with E-state index in [0.29, 0.717) is 182 Å². The van der Waals surface area contributed by atoms with Crippen LogP contribution in [0, 0.1) is 45.4 Å². The number of benzene rings is 6. The van der Waals surface area contributed by atoms with Crippen LogP contribution < -0.4 is 58.6 Å². The summed E-state index contributed by atoms with van der Waals surface area (Å²) in [6.45, 7) is 9.67. The van der Waals surface area contributed by atoms with E-state index in [1.54, 1.807) is 87.8 Å². The number of phenolic OH excluding ortho intramolecular Hbond substituents is 2. The second kappa shape index (κ2) is 38.5. The number of phenols is 2. The summed E-state index contributed by atoms with van der Waals surface area (Å²) in [5, 5.41) is 60.3. The highest BCUT2D eigenvalue weighted by molar-refractivity contribution is 9.10. The molecular formula is C97H79BrFN27O11S4. The molecule has 2 atom stereocenters. The van der Waals surface area contributed by atoms with Gasteiger partial charge in [-0.05, 0) is 167 Å². The molecule has 0 radical (unpaired) electrons. The zero-order chi connectivity index (χ0) is 98.6. The number of aliphatic imine (C=N–C) groups is 1. The maximum absolute atomic E-state index is 14.2. The van der Waals surface area contributed by atoms with Crippen LogP contribution in [0.3, 0.4) is 0 Å². The molecular weight excluding hydrogens is 1950 g/mol. The van der Waals surface area contributed by atoms with Crippen molar-refractivity contribution < 1.29 is 43.5 Å². The highest BCUT2D eigenvalue weighted by atomic mass is 79.9. The zero-order valence-electron chi connectivity index (χ0n) is 76.0. The smallest absolute Gasteiger partial charge is 0.267 e. The Morgan fingerprint density at radius 3 is 1.31 bits per heavy atom. The summed E-state index contributed by atoms with van der Waals surface area (Å²) in [7, 11) is 6.25. The van der Waals surface area contributed by atoms with Crippen LogP contribution >= 0.6 is 61.3 Å². The number of nitrogens with zero attached hydrogens (tertiary/aromatic N) is 23. The van der Waals surface area contributed by atoms with E-state index in [0.717, 1.165) is 33.9 Å². The molecule has 16 heterocycles. The largest absolute Gasteiger partial charge is 0.508 e. The lowest BCUT2D eigenvalue weighted by molar-refractivity contribution is 0.0979. The van der Waals surface area contributed by atoms with Crippen LogP contribution in [0.1, 0.15) is 74.2 Å². The first-order valence-corrected chi connectivity index (χ1v) is 47.2. The molecule has 0 aliphatic carbocycles. The average molecular weight is 2030 g/mol. The Labute approximate surface area is 820 Å². The van der Waals surface area contributed by atoms with Crippen LogP contribution in [0.5, 0.6) is 34.5 Å². The summed E-state index contributed by atoms with van der Waals surface area (Å²) in [4.78, 5) is 110. The maximum Gasteiger partial charge on any atom is 0.267 e. The van der Waals surface area contributed by atoms with E-state index >= 15 is 0 Å². The molecule has 44 heteroatoms. The average Bonchev–Trinajstić information content (AvgIpc) is 1.62. The zero-order valence-corrected chi connectivity index (χ0v) is 80.8. The molecule has 0 bridgehead atoms. The maximum atomic E-state index is 14.2. The van der Waals surface area contributed by atoms with Crippen molar-refractivity contribution >= 4 is 176 Å². The van der Waals surface area contributed by atoms with E-state index in [1.807, 2.05) is 134 Å². The van der Waals surface area contributed by atoms with Crippen LogP contribution in [0.25, 0.3) is 114 Å². The summed E-state index contributed by atoms with van der Waals surface area (Å²) in [6.07, 6.45) is 4.57. The van der Waals surface area contributed by atoms with Gasteiger partial charge in [0.15, 0.2) is 28.4 Å². The number of methoxy groups -OCH3 is 4. The first-order valence-electron chi connectivity index (χ1n) is 42.9. The van der Waals surface area contributed by atoms with Gasteiger partial charge in [-0.2, -0.15) is 20.4 Å². The van der Waals surface area contributed by atoms with Gasteiger partial charge in [0.1, 0.15) is 173 Å². The SMILES string of the molecule is COc1ccccc1-n1c(Cn2nc(-c3cc(O)cc(F)c3)c3c(N)ncnc32)nc2scc(C)c2c1=O.COc1ccccc1-n1c(Cn2nc(-c3cccc(O)c3)c3c(N)ncnc32)nc2scc(C)c2c1=O.COc1ccccc1-n1c(Cn2nc(Br)c3c(N)ncnc32)nc2scc(C)c2c1=O.COc1ccccc1C1C(=O)c2c(C)csc2N=C1Cn1nc(C#C[C@@H](C)O)c2c(N)ncnc21. The molecule has 38 nitrogen and oxygen atoms in total. The first kappa shape index (κ1) is 93.0. The Kier molecular flexibility index (Phi) is 25.4. The number of hydrogen-bond donors (Lipinski definition) is 7. The lowest BCUT2D eigenvalue weighted by Crippen LogP contribution is -2.29. The van der Waals surface area contributed by atoms with Crippen molar-refractivity contribution in [3.05, 3.63) is 284 Å². The molecule has 0 fully saturated rings. The molecule has 11 N–H and O–H groups in total. The standard InChI is InChI=1S/C26H20FN7O3S.C26H21N7O3S.C25H22N6O3S.C20H16BrN7O2S/c1-13-11-38-25-20(13)26(36)34(17-5-3-4-6-18(17)37-2)19(31-25)10-33-24-21(23(28)29-12-30-24)22(32-33)14-7-15(27)9-16(35)8-14;1-14-12-37-25-20(14)26(35)33(17-8-3-4-9-18(17)36-2)19(30-25)11-32-24-21(23(27)28-13-29-24)22(31-32)15-6-5-7-16(34)10-15;1-13-11-35-25-19(13)22(33)20(15-6-4-5-7-18(15)34-3)17(29-25)10-31-24-21(23(26)27-12-28-24)16(30-31)9-8-14(2)32;1-10-8-31-19-14(10)20(29)28(11-5-3-4-6-12(11)30-2)13(25-19)7-27-18-15(16(21)26-27)17(22)23-9-24-18/h3-9,11-12,35H,10H2,1-2H3,(H2,28,29,30);3-10,12-13,34H,11H2,1-2H3,(H2,27,28,29);4-7,11-12,14,20,32H,10H2,1-3H3,(H2,26,27,28);3-6,8-9H,7H2,1-2H3,(H2,22,23,24)/t;;14-,20?;/m..1./s1. The predicted molar refractivity (Wildman–Crippen MR) is 542 cm³/mol. The number of aromatic hydroxyl groups is 2. The molecule has 1 aliphatic rings. The number of carbonyl (C=O) groups excluding carboxylic acids is 1. The summed E-state index contributed by atoms with van der Waals surface area (Å²) >= 11 is 9.09. The number of hydrogen-bond acceptors (Lipinski definition) is 35. The van der Waals surface area contributed by atoms with Crippen molar-refractivity contribution in [2.24, 2.45) is 4.99 Å². The Morgan fingerprint density at radius 1 is 0.447 bits per heavy atom. The van der Waals surface area contributed by atoms with Crippen molar-refractivity contribution in [3.63, 3.8) is 0 Å². The number of rotatable bonds is 18. The number of carbonyl (C=O) groups is 1. The van der Waals surface area contributed by atoms with E-state index < -0.39 is 17.8 Å². The number of fused-ring (bicyclic) bond motifs is 8. The minimum atomic E-state index is -0.836. The second-order valence-corrected chi connectivity index (χ2v) is 36.2. The van der Waals surface area contributed by atoms with Crippen LogP contribution in [-0.4, -0.2) is 169 Å². The third-order valence-corrected chi connectivity index (χ3v) is 27.6. The highest BCUT2D eigenvalue weighted by Gasteiger charge is 2.38. The first-order chi connectivity index (χ1) is 68.2. The molecule has 141 heavy (non-hydrogen) atoms. The van der Waals surface area contributed by atoms with Gasteiger partial charge in [0.05, 0.1) is 107 Å². The van der Waals surface area contributed by atoms with Gasteiger partial charge in [0.25, 0.3) is 16.7 Å². The number of aliphatic hydroxyl groups is 1. The van der Waals surface area contributed by atoms with Gasteiger partial charge in [-0.3, -0.25) is 32.9 Å². The van der Waals surface area contributed by atoms with Crippen LogP contribution in [0.2, 0.25) is 0 Å². The van der Waals surface area contributed by atoms with Gasteiger partial charge in [-0.25, -0.2) is 82.9 Å². The van der Waals surface area contributed by atoms with E-state index in [2.05, 4.69) is 82.9 Å². The summed E-state index contributed by atoms with van der Waals surface area (Å²) < 4.78 is 48.0. The third kappa shape index (κ3) is 17.4. The van der Waals surface area contributed by atoms with E-state index in [1.165, 1.54) is 99.1 Å². The fraction of sp³-hybridized carbons (Fsp3) is 0.155. The number of nitrogens with two attached hydrogens (primary N) is 4. The van der Waals surface area contributed by atoms with Gasteiger partial charge in [-0.1, -0.05) is 72.7 Å².